The van der Waals surface area contributed by atoms with Crippen molar-refractivity contribution < 1.29 is 14.7 Å². The molecule has 1 aromatic rings. The first-order valence-corrected chi connectivity index (χ1v) is 8.29. The Kier molecular flexibility index (Phi) is 6.18. The maximum absolute atomic E-state index is 10.2. The van der Waals surface area contributed by atoms with Crippen molar-refractivity contribution in [3.8, 4) is 5.75 Å². The van der Waals surface area contributed by atoms with Crippen LogP contribution >= 0.6 is 23.2 Å². The molecule has 1 unspecified atom stereocenters. The SMILES string of the molecule is C[C@@H]1C[C@H](C)C[NH+](C[C@H](O)COc2ccc(Cl)cc2Cl)C1. The van der Waals surface area contributed by atoms with Gasteiger partial charge in [-0.25, -0.2) is 0 Å². The van der Waals surface area contributed by atoms with Gasteiger partial charge >= 0.3 is 0 Å². The molecule has 1 aliphatic heterocycles. The summed E-state index contributed by atoms with van der Waals surface area (Å²) in [4.78, 5) is 1.46. The van der Waals surface area contributed by atoms with Gasteiger partial charge in [0.05, 0.1) is 18.1 Å². The number of hydrogen-bond donors (Lipinski definition) is 2. The highest BCUT2D eigenvalue weighted by Gasteiger charge is 2.26. The highest BCUT2D eigenvalue weighted by molar-refractivity contribution is 6.35. The lowest BCUT2D eigenvalue weighted by molar-refractivity contribution is -0.915. The number of aliphatic hydroxyl groups is 1. The van der Waals surface area contributed by atoms with E-state index in [4.69, 9.17) is 27.9 Å². The molecule has 0 amide bonds. The van der Waals surface area contributed by atoms with Crippen molar-refractivity contribution in [1.82, 2.24) is 0 Å². The summed E-state index contributed by atoms with van der Waals surface area (Å²) in [6.45, 7) is 7.80. The monoisotopic (exact) mass is 332 g/mol. The maximum atomic E-state index is 10.2. The van der Waals surface area contributed by atoms with Gasteiger partial charge in [-0.2, -0.15) is 0 Å². The van der Waals surface area contributed by atoms with Crippen molar-refractivity contribution in [3.05, 3.63) is 28.2 Å². The lowest BCUT2D eigenvalue weighted by Gasteiger charge is -2.33. The summed E-state index contributed by atoms with van der Waals surface area (Å²) in [6, 6.07) is 5.10. The van der Waals surface area contributed by atoms with Gasteiger partial charge < -0.3 is 14.7 Å². The number of hydrogen-bond acceptors (Lipinski definition) is 2. The number of halogens is 2. The van der Waals surface area contributed by atoms with E-state index in [1.165, 1.54) is 11.3 Å². The molecule has 0 spiro atoms. The molecule has 0 aromatic heterocycles. The third kappa shape index (κ3) is 5.33. The summed E-state index contributed by atoms with van der Waals surface area (Å²) in [6.07, 6.45) is 0.806. The van der Waals surface area contributed by atoms with Crippen molar-refractivity contribution >= 4 is 23.2 Å². The number of aliphatic hydroxyl groups excluding tert-OH is 1. The van der Waals surface area contributed by atoms with Crippen LogP contribution < -0.4 is 9.64 Å². The van der Waals surface area contributed by atoms with Gasteiger partial charge in [-0.1, -0.05) is 37.0 Å². The minimum Gasteiger partial charge on any atom is -0.489 e. The van der Waals surface area contributed by atoms with Crippen LogP contribution in [0.4, 0.5) is 0 Å². The topological polar surface area (TPSA) is 33.9 Å². The molecule has 21 heavy (non-hydrogen) atoms. The van der Waals surface area contributed by atoms with Gasteiger partial charge in [-0.05, 0) is 24.6 Å². The second-order valence-corrected chi connectivity index (χ2v) is 7.19. The minimum absolute atomic E-state index is 0.258. The Morgan fingerprint density at radius 3 is 2.57 bits per heavy atom. The van der Waals surface area contributed by atoms with Gasteiger partial charge in [-0.15, -0.1) is 0 Å². The smallest absolute Gasteiger partial charge is 0.138 e. The van der Waals surface area contributed by atoms with Crippen LogP contribution in [-0.4, -0.2) is 37.5 Å². The van der Waals surface area contributed by atoms with Crippen LogP contribution in [0, 0.1) is 11.8 Å². The largest absolute Gasteiger partial charge is 0.489 e. The summed E-state index contributed by atoms with van der Waals surface area (Å²) >= 11 is 11.9. The molecule has 1 saturated heterocycles. The van der Waals surface area contributed by atoms with E-state index in [9.17, 15) is 5.11 Å². The van der Waals surface area contributed by atoms with E-state index in [0.717, 1.165) is 31.5 Å². The van der Waals surface area contributed by atoms with Crippen LogP contribution in [0.15, 0.2) is 18.2 Å². The van der Waals surface area contributed by atoms with Crippen molar-refractivity contribution in [3.63, 3.8) is 0 Å². The molecule has 2 N–H and O–H groups in total. The van der Waals surface area contributed by atoms with Gasteiger partial charge in [-0.3, -0.25) is 0 Å². The van der Waals surface area contributed by atoms with Crippen molar-refractivity contribution in [2.75, 3.05) is 26.2 Å². The van der Waals surface area contributed by atoms with Gasteiger partial charge in [0, 0.05) is 16.9 Å². The fraction of sp³-hybridized carbons (Fsp3) is 0.625. The van der Waals surface area contributed by atoms with Gasteiger partial charge in [0.15, 0.2) is 0 Å². The molecule has 1 aliphatic rings. The molecule has 0 aliphatic carbocycles. The second-order valence-electron chi connectivity index (χ2n) is 6.35. The number of quaternary nitrogens is 1. The van der Waals surface area contributed by atoms with E-state index in [2.05, 4.69) is 13.8 Å². The summed E-state index contributed by atoms with van der Waals surface area (Å²) in [5, 5.41) is 11.2. The fourth-order valence-corrected chi connectivity index (χ4v) is 3.72. The van der Waals surface area contributed by atoms with Crippen LogP contribution in [0.5, 0.6) is 5.75 Å². The van der Waals surface area contributed by atoms with E-state index in [0.29, 0.717) is 15.8 Å². The van der Waals surface area contributed by atoms with E-state index in [1.807, 2.05) is 0 Å². The van der Waals surface area contributed by atoms with Crippen molar-refractivity contribution in [2.24, 2.45) is 11.8 Å². The third-order valence-corrected chi connectivity index (χ3v) is 4.46. The first-order chi connectivity index (χ1) is 9.94. The molecule has 1 fully saturated rings. The van der Waals surface area contributed by atoms with Gasteiger partial charge in [0.2, 0.25) is 0 Å². The summed E-state index contributed by atoms with van der Waals surface area (Å²) < 4.78 is 5.59. The predicted molar refractivity (Wildman–Crippen MR) is 86.5 cm³/mol. The zero-order chi connectivity index (χ0) is 15.4. The number of rotatable bonds is 5. The van der Waals surface area contributed by atoms with Crippen LogP contribution in [-0.2, 0) is 0 Å². The van der Waals surface area contributed by atoms with E-state index in [-0.39, 0.29) is 6.61 Å². The van der Waals surface area contributed by atoms with Gasteiger partial charge in [0.1, 0.15) is 25.0 Å². The van der Waals surface area contributed by atoms with Crippen LogP contribution in [0.25, 0.3) is 0 Å². The average molecular weight is 333 g/mol. The van der Waals surface area contributed by atoms with Crippen LogP contribution in [0.2, 0.25) is 10.0 Å². The van der Waals surface area contributed by atoms with Crippen LogP contribution in [0.1, 0.15) is 20.3 Å². The zero-order valence-corrected chi connectivity index (χ0v) is 14.1. The number of ether oxygens (including phenoxy) is 1. The van der Waals surface area contributed by atoms with Crippen molar-refractivity contribution in [1.29, 1.82) is 0 Å². The van der Waals surface area contributed by atoms with E-state index >= 15 is 0 Å². The number of piperidine rings is 1. The standard InChI is InChI=1S/C16H23Cl2NO2/c1-11-5-12(2)8-19(7-11)9-14(20)10-21-16-4-3-13(17)6-15(16)18/h3-4,6,11-12,14,20H,5,7-10H2,1-2H3/p+1/t11-,12+,14-/m0/s1. The highest BCUT2D eigenvalue weighted by atomic mass is 35.5. The Morgan fingerprint density at radius 1 is 1.29 bits per heavy atom. The molecule has 0 bridgehead atoms. The minimum atomic E-state index is -0.482. The molecule has 0 radical (unpaired) electrons. The molecule has 2 rings (SSSR count). The number of benzene rings is 1. The Morgan fingerprint density at radius 2 is 1.95 bits per heavy atom. The number of likely N-dealkylation sites (tertiary alicyclic amines) is 1. The first kappa shape index (κ1) is 16.9. The maximum Gasteiger partial charge on any atom is 0.138 e. The number of nitrogens with one attached hydrogen (secondary N) is 1. The molecule has 118 valence electrons. The second kappa shape index (κ2) is 7.68. The quantitative estimate of drug-likeness (QED) is 0.867. The molecular formula is C16H24Cl2NO2+. The fourth-order valence-electron chi connectivity index (χ4n) is 3.26. The van der Waals surface area contributed by atoms with Crippen LogP contribution in [0.3, 0.4) is 0 Å². The normalized spacial score (nSPS) is 27.4. The summed E-state index contributed by atoms with van der Waals surface area (Å²) in [5.74, 6) is 2.01. The summed E-state index contributed by atoms with van der Waals surface area (Å²) in [7, 11) is 0. The lowest BCUT2D eigenvalue weighted by Crippen LogP contribution is -3.15. The van der Waals surface area contributed by atoms with E-state index < -0.39 is 6.10 Å². The predicted octanol–water partition coefficient (Wildman–Crippen LogP) is 2.29. The molecular weight excluding hydrogens is 309 g/mol. The summed E-state index contributed by atoms with van der Waals surface area (Å²) in [5.41, 5.74) is 0. The molecule has 5 heteroatoms. The molecule has 3 nitrogen and oxygen atoms in total. The third-order valence-electron chi connectivity index (χ3n) is 3.93. The molecule has 4 atom stereocenters. The Hall–Kier alpha value is -0.480. The van der Waals surface area contributed by atoms with E-state index in [1.54, 1.807) is 18.2 Å². The Labute approximate surface area is 136 Å². The Balaban J connectivity index is 1.80. The molecule has 0 saturated carbocycles. The Bertz CT molecular complexity index is 460. The first-order valence-electron chi connectivity index (χ1n) is 7.53. The highest BCUT2D eigenvalue weighted by Crippen LogP contribution is 2.27. The lowest BCUT2D eigenvalue weighted by atomic mass is 9.92. The van der Waals surface area contributed by atoms with Gasteiger partial charge in [0.25, 0.3) is 0 Å². The zero-order valence-electron chi connectivity index (χ0n) is 12.6. The molecule has 1 aromatic carbocycles. The van der Waals surface area contributed by atoms with Crippen molar-refractivity contribution in [2.45, 2.75) is 26.4 Å². The molecule has 1 heterocycles. The average Bonchev–Trinajstić information content (AvgIpc) is 2.36.